The van der Waals surface area contributed by atoms with Crippen molar-refractivity contribution in [1.82, 2.24) is 4.90 Å². The molecule has 1 saturated heterocycles. The molecule has 130 valence electrons. The number of carboxylic acids is 1. The van der Waals surface area contributed by atoms with Crippen molar-refractivity contribution in [3.8, 4) is 0 Å². The number of amides is 1. The second kappa shape index (κ2) is 6.22. The van der Waals surface area contributed by atoms with Gasteiger partial charge in [0.25, 0.3) is 0 Å². The maximum absolute atomic E-state index is 11.5. The fourth-order valence-corrected chi connectivity index (χ4v) is 3.44. The molecule has 2 aromatic rings. The summed E-state index contributed by atoms with van der Waals surface area (Å²) >= 11 is 0. The number of hydrogen-bond donors (Lipinski definition) is 2. The van der Waals surface area contributed by atoms with Crippen LogP contribution in [0.5, 0.6) is 0 Å². The molecule has 1 heterocycles. The van der Waals surface area contributed by atoms with Crippen LogP contribution in [-0.2, 0) is 15.1 Å². The number of rotatable bonds is 4. The Balaban J connectivity index is 2.08. The van der Waals surface area contributed by atoms with Gasteiger partial charge in [0.15, 0.2) is 0 Å². The number of methoxy groups -OCH3 is 1. The molecule has 0 saturated carbocycles. The van der Waals surface area contributed by atoms with Crippen LogP contribution in [0.1, 0.15) is 17.5 Å². The molecule has 0 aromatic heterocycles. The minimum atomic E-state index is -1.26. The SMILES string of the molecule is C=Cc1ccc2ccc(C3(OC)CC(C(=O)O)N(C(=O)O)C3)cc2c1. The normalized spacial score (nSPS) is 22.9. The number of likely N-dealkylation sites (tertiary alicyclic amines) is 1. The van der Waals surface area contributed by atoms with E-state index in [0.29, 0.717) is 0 Å². The molecule has 6 nitrogen and oxygen atoms in total. The molecule has 0 bridgehead atoms. The van der Waals surface area contributed by atoms with E-state index in [2.05, 4.69) is 6.58 Å². The fraction of sp³-hybridized carbons (Fsp3) is 0.263. The minimum Gasteiger partial charge on any atom is -0.480 e. The highest BCUT2D eigenvalue weighted by atomic mass is 16.5. The van der Waals surface area contributed by atoms with Crippen LogP contribution in [0, 0.1) is 0 Å². The van der Waals surface area contributed by atoms with Gasteiger partial charge < -0.3 is 14.9 Å². The highest BCUT2D eigenvalue weighted by molar-refractivity contribution is 5.86. The van der Waals surface area contributed by atoms with E-state index in [0.717, 1.165) is 26.8 Å². The van der Waals surface area contributed by atoms with Crippen LogP contribution in [0.3, 0.4) is 0 Å². The van der Waals surface area contributed by atoms with E-state index in [4.69, 9.17) is 4.74 Å². The summed E-state index contributed by atoms with van der Waals surface area (Å²) in [7, 11) is 1.48. The lowest BCUT2D eigenvalue weighted by molar-refractivity contribution is -0.141. The van der Waals surface area contributed by atoms with Gasteiger partial charge in [-0.2, -0.15) is 0 Å². The molecule has 2 aromatic carbocycles. The van der Waals surface area contributed by atoms with E-state index in [1.807, 2.05) is 36.4 Å². The number of ether oxygens (including phenoxy) is 1. The summed E-state index contributed by atoms with van der Waals surface area (Å²) in [4.78, 5) is 23.8. The van der Waals surface area contributed by atoms with Gasteiger partial charge in [-0.05, 0) is 34.0 Å². The molecule has 2 atom stereocenters. The van der Waals surface area contributed by atoms with Crippen molar-refractivity contribution in [3.63, 3.8) is 0 Å². The van der Waals surface area contributed by atoms with Crippen LogP contribution in [0.4, 0.5) is 4.79 Å². The van der Waals surface area contributed by atoms with E-state index in [1.54, 1.807) is 6.08 Å². The van der Waals surface area contributed by atoms with E-state index in [-0.39, 0.29) is 13.0 Å². The Morgan fingerprint density at radius 1 is 1.24 bits per heavy atom. The summed E-state index contributed by atoms with van der Waals surface area (Å²) in [6, 6.07) is 10.5. The first-order chi connectivity index (χ1) is 11.9. The summed E-state index contributed by atoms with van der Waals surface area (Å²) in [5.74, 6) is -1.17. The molecule has 0 aliphatic carbocycles. The third kappa shape index (κ3) is 2.85. The number of aliphatic carboxylic acids is 1. The monoisotopic (exact) mass is 341 g/mol. The van der Waals surface area contributed by atoms with Gasteiger partial charge >= 0.3 is 12.1 Å². The molecule has 0 radical (unpaired) electrons. The lowest BCUT2D eigenvalue weighted by Gasteiger charge is -2.28. The molecule has 1 aliphatic heterocycles. The molecule has 2 N–H and O–H groups in total. The molecular formula is C19H19NO5. The van der Waals surface area contributed by atoms with Crippen molar-refractivity contribution in [2.45, 2.75) is 18.1 Å². The number of hydrogen-bond acceptors (Lipinski definition) is 3. The Labute approximate surface area is 144 Å². The van der Waals surface area contributed by atoms with Gasteiger partial charge in [0.2, 0.25) is 0 Å². The smallest absolute Gasteiger partial charge is 0.408 e. The van der Waals surface area contributed by atoms with Gasteiger partial charge in [-0.15, -0.1) is 0 Å². The standard InChI is InChI=1S/C19H19NO5/c1-3-12-4-5-13-6-7-15(9-14(13)8-12)19(25-2)10-16(17(21)22)20(11-19)18(23)24/h3-9,16H,1,10-11H2,2H3,(H,21,22)(H,23,24). The van der Waals surface area contributed by atoms with Crippen LogP contribution in [0.25, 0.3) is 16.8 Å². The maximum atomic E-state index is 11.5. The molecule has 25 heavy (non-hydrogen) atoms. The number of nitrogens with zero attached hydrogens (tertiary/aromatic N) is 1. The quantitative estimate of drug-likeness (QED) is 0.892. The molecule has 2 unspecified atom stereocenters. The molecule has 6 heteroatoms. The van der Waals surface area contributed by atoms with E-state index in [9.17, 15) is 19.8 Å². The summed E-state index contributed by atoms with van der Waals surface area (Å²) < 4.78 is 5.66. The zero-order chi connectivity index (χ0) is 18.2. The Morgan fingerprint density at radius 2 is 1.96 bits per heavy atom. The predicted molar refractivity (Wildman–Crippen MR) is 93.5 cm³/mol. The van der Waals surface area contributed by atoms with Crippen molar-refractivity contribution in [2.75, 3.05) is 13.7 Å². The number of carboxylic acid groups (broad SMARTS) is 2. The Hall–Kier alpha value is -2.86. The van der Waals surface area contributed by atoms with Gasteiger partial charge in [-0.25, -0.2) is 9.59 Å². The molecule has 0 spiro atoms. The lowest BCUT2D eigenvalue weighted by Crippen LogP contribution is -2.40. The number of benzene rings is 2. The van der Waals surface area contributed by atoms with E-state index < -0.39 is 23.7 Å². The second-order valence-corrected chi connectivity index (χ2v) is 6.19. The largest absolute Gasteiger partial charge is 0.480 e. The van der Waals surface area contributed by atoms with E-state index >= 15 is 0 Å². The highest BCUT2D eigenvalue weighted by Gasteiger charge is 2.50. The Bertz CT molecular complexity index is 838. The van der Waals surface area contributed by atoms with Crippen LogP contribution in [0.15, 0.2) is 43.0 Å². The van der Waals surface area contributed by atoms with Gasteiger partial charge in [-0.1, -0.05) is 36.9 Å². The first-order valence-corrected chi connectivity index (χ1v) is 7.84. The molecule has 1 aliphatic rings. The lowest BCUT2D eigenvalue weighted by atomic mass is 9.89. The summed E-state index contributed by atoms with van der Waals surface area (Å²) in [6.07, 6.45) is 0.555. The predicted octanol–water partition coefficient (Wildman–Crippen LogP) is 3.16. The average molecular weight is 341 g/mol. The third-order valence-electron chi connectivity index (χ3n) is 4.87. The van der Waals surface area contributed by atoms with Gasteiger partial charge in [0.1, 0.15) is 11.6 Å². The van der Waals surface area contributed by atoms with Crippen molar-refractivity contribution in [1.29, 1.82) is 0 Å². The van der Waals surface area contributed by atoms with Crippen LogP contribution >= 0.6 is 0 Å². The van der Waals surface area contributed by atoms with Crippen LogP contribution in [0.2, 0.25) is 0 Å². The second-order valence-electron chi connectivity index (χ2n) is 6.19. The summed E-state index contributed by atoms with van der Waals surface area (Å²) in [5.41, 5.74) is 0.747. The Morgan fingerprint density at radius 3 is 2.52 bits per heavy atom. The van der Waals surface area contributed by atoms with Crippen molar-refractivity contribution in [2.24, 2.45) is 0 Å². The Kier molecular flexibility index (Phi) is 4.22. The van der Waals surface area contributed by atoms with Gasteiger partial charge in [0.05, 0.1) is 6.54 Å². The van der Waals surface area contributed by atoms with Crippen molar-refractivity contribution >= 4 is 28.9 Å². The third-order valence-corrected chi connectivity index (χ3v) is 4.87. The highest BCUT2D eigenvalue weighted by Crippen LogP contribution is 2.40. The molecule has 1 amide bonds. The molecule has 3 rings (SSSR count). The first kappa shape index (κ1) is 17.0. The summed E-state index contributed by atoms with van der Waals surface area (Å²) in [5, 5.41) is 20.7. The zero-order valence-corrected chi connectivity index (χ0v) is 13.8. The molecule has 1 fully saturated rings. The molecular weight excluding hydrogens is 322 g/mol. The minimum absolute atomic E-state index is 0.0253. The summed E-state index contributed by atoms with van der Waals surface area (Å²) in [6.45, 7) is 3.74. The fourth-order valence-electron chi connectivity index (χ4n) is 3.44. The van der Waals surface area contributed by atoms with Crippen molar-refractivity contribution < 1.29 is 24.5 Å². The average Bonchev–Trinajstić information content (AvgIpc) is 3.02. The maximum Gasteiger partial charge on any atom is 0.408 e. The van der Waals surface area contributed by atoms with Gasteiger partial charge in [-0.3, -0.25) is 4.90 Å². The van der Waals surface area contributed by atoms with E-state index in [1.165, 1.54) is 7.11 Å². The first-order valence-electron chi connectivity index (χ1n) is 7.84. The van der Waals surface area contributed by atoms with Gasteiger partial charge in [0, 0.05) is 13.5 Å². The van der Waals surface area contributed by atoms with Crippen LogP contribution < -0.4 is 0 Å². The number of carbonyl (C=O) groups is 2. The zero-order valence-electron chi connectivity index (χ0n) is 13.8. The number of fused-ring (bicyclic) bond motifs is 1. The topological polar surface area (TPSA) is 87.1 Å². The van der Waals surface area contributed by atoms with Crippen LogP contribution in [-0.4, -0.2) is 46.9 Å². The van der Waals surface area contributed by atoms with Crippen molar-refractivity contribution in [3.05, 3.63) is 54.1 Å².